The molecule has 0 spiro atoms. The van der Waals surface area contributed by atoms with Gasteiger partial charge in [0.25, 0.3) is 0 Å². The van der Waals surface area contributed by atoms with E-state index in [1.54, 1.807) is 19.1 Å². The van der Waals surface area contributed by atoms with Crippen molar-refractivity contribution in [1.29, 1.82) is 0 Å². The van der Waals surface area contributed by atoms with Gasteiger partial charge in [-0.1, -0.05) is 42.0 Å². The minimum absolute atomic E-state index is 0.0525. The number of carbonyl (C=O) groups is 1. The molecule has 0 bridgehead atoms. The summed E-state index contributed by atoms with van der Waals surface area (Å²) < 4.78 is 5.62. The molecule has 0 aliphatic rings. The maximum atomic E-state index is 12.2. The predicted molar refractivity (Wildman–Crippen MR) is 76.5 cm³/mol. The van der Waals surface area contributed by atoms with Crippen LogP contribution in [0.15, 0.2) is 48.5 Å². The molecule has 1 atom stereocenters. The number of nitrogens with two attached hydrogens (primary N) is 1. The van der Waals surface area contributed by atoms with Gasteiger partial charge in [0.2, 0.25) is 5.78 Å². The SMILES string of the molecule is Cc1ccc(C(=O)C(C)Oc2ccccc2N)cc1. The monoisotopic (exact) mass is 255 g/mol. The van der Waals surface area contributed by atoms with Crippen molar-refractivity contribution >= 4 is 11.5 Å². The standard InChI is InChI=1S/C16H17NO2/c1-11-7-9-13(10-8-11)16(18)12(2)19-15-6-4-3-5-14(15)17/h3-10,12H,17H2,1-2H3. The number of aryl methyl sites for hydroxylation is 1. The number of anilines is 1. The summed E-state index contributed by atoms with van der Waals surface area (Å²) in [5, 5.41) is 0. The van der Waals surface area contributed by atoms with Crippen LogP contribution < -0.4 is 10.5 Å². The number of ether oxygens (including phenoxy) is 1. The minimum Gasteiger partial charge on any atom is -0.480 e. The Morgan fingerprint density at radius 2 is 1.74 bits per heavy atom. The van der Waals surface area contributed by atoms with Crippen LogP contribution in [0, 0.1) is 6.92 Å². The number of hydrogen-bond acceptors (Lipinski definition) is 3. The highest BCUT2D eigenvalue weighted by Crippen LogP contribution is 2.22. The summed E-state index contributed by atoms with van der Waals surface area (Å²) in [6, 6.07) is 14.6. The van der Waals surface area contributed by atoms with E-state index in [4.69, 9.17) is 10.5 Å². The average molecular weight is 255 g/mol. The number of para-hydroxylation sites is 2. The molecule has 2 rings (SSSR count). The van der Waals surface area contributed by atoms with Crippen molar-refractivity contribution < 1.29 is 9.53 Å². The Morgan fingerprint density at radius 3 is 2.37 bits per heavy atom. The van der Waals surface area contributed by atoms with Crippen LogP contribution in [0.1, 0.15) is 22.8 Å². The lowest BCUT2D eigenvalue weighted by Gasteiger charge is -2.15. The zero-order valence-electron chi connectivity index (χ0n) is 11.1. The molecule has 0 aliphatic heterocycles. The lowest BCUT2D eigenvalue weighted by molar-refractivity contribution is 0.0819. The average Bonchev–Trinajstić information content (AvgIpc) is 2.41. The first-order valence-corrected chi connectivity index (χ1v) is 6.20. The number of benzene rings is 2. The Hall–Kier alpha value is -2.29. The summed E-state index contributed by atoms with van der Waals surface area (Å²) in [4.78, 5) is 12.2. The van der Waals surface area contributed by atoms with Crippen LogP contribution in [0.25, 0.3) is 0 Å². The zero-order chi connectivity index (χ0) is 13.8. The number of Topliss-reactive ketones (excluding diaryl/α,β-unsaturated/α-hetero) is 1. The normalized spacial score (nSPS) is 11.9. The van der Waals surface area contributed by atoms with E-state index in [1.807, 2.05) is 43.3 Å². The fourth-order valence-corrected chi connectivity index (χ4v) is 1.78. The van der Waals surface area contributed by atoms with Gasteiger partial charge in [0.15, 0.2) is 6.10 Å². The van der Waals surface area contributed by atoms with Crippen molar-refractivity contribution in [2.75, 3.05) is 5.73 Å². The van der Waals surface area contributed by atoms with Crippen LogP contribution in [-0.2, 0) is 0 Å². The van der Waals surface area contributed by atoms with Gasteiger partial charge in [0.1, 0.15) is 5.75 Å². The molecular weight excluding hydrogens is 238 g/mol. The molecule has 2 N–H and O–H groups in total. The third kappa shape index (κ3) is 3.13. The van der Waals surface area contributed by atoms with E-state index < -0.39 is 6.10 Å². The number of hydrogen-bond donors (Lipinski definition) is 1. The lowest BCUT2D eigenvalue weighted by atomic mass is 10.1. The van der Waals surface area contributed by atoms with E-state index in [1.165, 1.54) is 0 Å². The summed E-state index contributed by atoms with van der Waals surface area (Å²) in [5.41, 5.74) is 8.09. The highest BCUT2D eigenvalue weighted by molar-refractivity contribution is 5.99. The molecule has 19 heavy (non-hydrogen) atoms. The van der Waals surface area contributed by atoms with Crippen molar-refractivity contribution in [3.63, 3.8) is 0 Å². The van der Waals surface area contributed by atoms with Crippen LogP contribution in [0.5, 0.6) is 5.75 Å². The Balaban J connectivity index is 2.12. The summed E-state index contributed by atoms with van der Waals surface area (Å²) in [7, 11) is 0. The third-order valence-corrected chi connectivity index (χ3v) is 2.93. The van der Waals surface area contributed by atoms with Crippen LogP contribution in [-0.4, -0.2) is 11.9 Å². The molecule has 3 nitrogen and oxygen atoms in total. The fraction of sp³-hybridized carbons (Fsp3) is 0.188. The highest BCUT2D eigenvalue weighted by Gasteiger charge is 2.17. The number of rotatable bonds is 4. The summed E-state index contributed by atoms with van der Waals surface area (Å²) >= 11 is 0. The number of nitrogen functional groups attached to an aromatic ring is 1. The molecule has 0 radical (unpaired) electrons. The highest BCUT2D eigenvalue weighted by atomic mass is 16.5. The van der Waals surface area contributed by atoms with Crippen LogP contribution >= 0.6 is 0 Å². The second-order valence-electron chi connectivity index (χ2n) is 4.53. The fourth-order valence-electron chi connectivity index (χ4n) is 1.78. The third-order valence-electron chi connectivity index (χ3n) is 2.93. The molecule has 0 aromatic heterocycles. The minimum atomic E-state index is -0.563. The van der Waals surface area contributed by atoms with Gasteiger partial charge in [-0.3, -0.25) is 4.79 Å². The van der Waals surface area contributed by atoms with Crippen LogP contribution in [0.2, 0.25) is 0 Å². The second kappa shape index (κ2) is 5.57. The Morgan fingerprint density at radius 1 is 1.11 bits per heavy atom. The van der Waals surface area contributed by atoms with E-state index in [0.717, 1.165) is 5.56 Å². The maximum Gasteiger partial charge on any atom is 0.202 e. The van der Waals surface area contributed by atoms with Gasteiger partial charge in [-0.25, -0.2) is 0 Å². The smallest absolute Gasteiger partial charge is 0.202 e. The van der Waals surface area contributed by atoms with E-state index in [2.05, 4.69) is 0 Å². The maximum absolute atomic E-state index is 12.2. The van der Waals surface area contributed by atoms with E-state index >= 15 is 0 Å². The van der Waals surface area contributed by atoms with Gasteiger partial charge in [-0.2, -0.15) is 0 Å². The molecule has 2 aromatic carbocycles. The Kier molecular flexibility index (Phi) is 3.85. The molecule has 0 saturated carbocycles. The summed E-state index contributed by atoms with van der Waals surface area (Å²) in [6.07, 6.45) is -0.563. The van der Waals surface area contributed by atoms with Crippen LogP contribution in [0.3, 0.4) is 0 Å². The van der Waals surface area contributed by atoms with Crippen molar-refractivity contribution in [2.24, 2.45) is 0 Å². The molecule has 0 heterocycles. The number of ketones is 1. The van der Waals surface area contributed by atoms with Gasteiger partial charge in [-0.05, 0) is 26.0 Å². The van der Waals surface area contributed by atoms with E-state index in [-0.39, 0.29) is 5.78 Å². The van der Waals surface area contributed by atoms with Gasteiger partial charge in [0.05, 0.1) is 5.69 Å². The summed E-state index contributed by atoms with van der Waals surface area (Å²) in [5.74, 6) is 0.485. The van der Waals surface area contributed by atoms with Crippen molar-refractivity contribution in [2.45, 2.75) is 20.0 Å². The molecule has 0 fully saturated rings. The first-order chi connectivity index (χ1) is 9.08. The molecule has 1 unspecified atom stereocenters. The topological polar surface area (TPSA) is 52.3 Å². The van der Waals surface area contributed by atoms with E-state index in [9.17, 15) is 4.79 Å². The van der Waals surface area contributed by atoms with Crippen molar-refractivity contribution in [3.8, 4) is 5.75 Å². The van der Waals surface area contributed by atoms with Crippen LogP contribution in [0.4, 0.5) is 5.69 Å². The first kappa shape index (κ1) is 13.1. The van der Waals surface area contributed by atoms with E-state index in [0.29, 0.717) is 17.0 Å². The molecule has 2 aromatic rings. The molecule has 0 saturated heterocycles. The largest absolute Gasteiger partial charge is 0.480 e. The van der Waals surface area contributed by atoms with Crippen molar-refractivity contribution in [3.05, 3.63) is 59.7 Å². The molecule has 0 amide bonds. The molecule has 98 valence electrons. The Labute approximate surface area is 113 Å². The zero-order valence-corrected chi connectivity index (χ0v) is 11.1. The Bertz CT molecular complexity index is 576. The number of carbonyl (C=O) groups excluding carboxylic acids is 1. The van der Waals surface area contributed by atoms with Gasteiger partial charge >= 0.3 is 0 Å². The first-order valence-electron chi connectivity index (χ1n) is 6.20. The molecule has 3 heteroatoms. The predicted octanol–water partition coefficient (Wildman–Crippen LogP) is 3.23. The van der Waals surface area contributed by atoms with Gasteiger partial charge in [0, 0.05) is 5.56 Å². The van der Waals surface area contributed by atoms with Crippen molar-refractivity contribution in [1.82, 2.24) is 0 Å². The quantitative estimate of drug-likeness (QED) is 0.674. The second-order valence-corrected chi connectivity index (χ2v) is 4.53. The molecule has 0 aliphatic carbocycles. The van der Waals surface area contributed by atoms with Gasteiger partial charge in [-0.15, -0.1) is 0 Å². The summed E-state index contributed by atoms with van der Waals surface area (Å²) in [6.45, 7) is 3.72. The molecular formula is C16H17NO2. The van der Waals surface area contributed by atoms with Gasteiger partial charge < -0.3 is 10.5 Å². The lowest BCUT2D eigenvalue weighted by Crippen LogP contribution is -2.24.